The second-order valence-corrected chi connectivity index (χ2v) is 6.66. The fraction of sp³-hybridized carbons (Fsp3) is 0.421. The van der Waals surface area contributed by atoms with Crippen LogP contribution < -0.4 is 5.73 Å². The summed E-state index contributed by atoms with van der Waals surface area (Å²) < 4.78 is 1.81. The number of nitrogens with two attached hydrogens (primary N) is 1. The van der Waals surface area contributed by atoms with E-state index in [1.54, 1.807) is 11.1 Å². The smallest absolute Gasteiger partial charge is 0.236 e. The number of primary amides is 1. The molecule has 1 fully saturated rings. The number of carbonyl (C=O) groups excluding carboxylic acids is 2. The van der Waals surface area contributed by atoms with Crippen LogP contribution in [0.3, 0.4) is 0 Å². The molecule has 0 radical (unpaired) electrons. The van der Waals surface area contributed by atoms with E-state index in [2.05, 4.69) is 10.00 Å². The maximum absolute atomic E-state index is 12.6. The van der Waals surface area contributed by atoms with Crippen LogP contribution in [0.15, 0.2) is 42.6 Å². The minimum Gasteiger partial charge on any atom is -0.368 e. The van der Waals surface area contributed by atoms with Crippen molar-refractivity contribution in [2.24, 2.45) is 5.73 Å². The Bertz CT molecular complexity index is 758. The molecule has 1 atom stereocenters. The highest BCUT2D eigenvalue weighted by atomic mass is 16.2. The van der Waals surface area contributed by atoms with E-state index in [1.807, 2.05) is 48.0 Å². The van der Waals surface area contributed by atoms with Crippen molar-refractivity contribution >= 4 is 11.8 Å². The summed E-state index contributed by atoms with van der Waals surface area (Å²) in [5.74, 6) is -0.355. The molecular weight excluding hydrogens is 330 g/mol. The van der Waals surface area contributed by atoms with Crippen LogP contribution in [0, 0.1) is 6.92 Å². The second-order valence-electron chi connectivity index (χ2n) is 6.66. The zero-order valence-corrected chi connectivity index (χ0v) is 15.0. The number of piperazine rings is 1. The van der Waals surface area contributed by atoms with E-state index in [0.29, 0.717) is 39.1 Å². The largest absolute Gasteiger partial charge is 0.368 e. The first-order valence-corrected chi connectivity index (χ1v) is 8.88. The molecule has 1 aliphatic heterocycles. The summed E-state index contributed by atoms with van der Waals surface area (Å²) in [6.07, 6.45) is 2.10. The maximum atomic E-state index is 12.6. The Labute approximate surface area is 153 Å². The van der Waals surface area contributed by atoms with Gasteiger partial charge in [0.15, 0.2) is 0 Å². The van der Waals surface area contributed by atoms with Crippen molar-refractivity contribution in [2.45, 2.75) is 32.5 Å². The van der Waals surface area contributed by atoms with Crippen LogP contribution in [0.4, 0.5) is 0 Å². The van der Waals surface area contributed by atoms with Crippen LogP contribution in [-0.4, -0.2) is 57.1 Å². The molecule has 7 nitrogen and oxygen atoms in total. The number of carbonyl (C=O) groups is 2. The molecule has 26 heavy (non-hydrogen) atoms. The van der Waals surface area contributed by atoms with Crippen molar-refractivity contribution in [3.05, 3.63) is 53.9 Å². The second kappa shape index (κ2) is 8.14. The van der Waals surface area contributed by atoms with Gasteiger partial charge in [0.1, 0.15) is 6.04 Å². The fourth-order valence-corrected chi connectivity index (χ4v) is 3.32. The van der Waals surface area contributed by atoms with Gasteiger partial charge in [-0.15, -0.1) is 0 Å². The number of aromatic nitrogens is 2. The number of amides is 2. The molecule has 1 unspecified atom stereocenters. The third kappa shape index (κ3) is 4.29. The van der Waals surface area contributed by atoms with Crippen molar-refractivity contribution in [2.75, 3.05) is 19.6 Å². The zero-order valence-electron chi connectivity index (χ0n) is 15.0. The third-order valence-corrected chi connectivity index (χ3v) is 4.87. The predicted molar refractivity (Wildman–Crippen MR) is 98.0 cm³/mol. The Kier molecular flexibility index (Phi) is 5.68. The average Bonchev–Trinajstić information content (AvgIpc) is 3.05. The van der Waals surface area contributed by atoms with E-state index in [4.69, 9.17) is 5.73 Å². The molecule has 2 amide bonds. The monoisotopic (exact) mass is 355 g/mol. The lowest BCUT2D eigenvalue weighted by Gasteiger charge is -2.40. The SMILES string of the molecule is Cc1ccnn1CCC(=O)N1CCN(Cc2ccccc2)C(C(N)=O)C1. The first-order chi connectivity index (χ1) is 12.5. The molecule has 138 valence electrons. The zero-order chi connectivity index (χ0) is 18.5. The first kappa shape index (κ1) is 18.1. The standard InChI is InChI=1S/C19H25N5O2/c1-15-7-9-21-24(15)10-8-18(25)23-12-11-22(17(14-23)19(20)26)13-16-5-3-2-4-6-16/h2-7,9,17H,8,10-14H2,1H3,(H2,20,26). The van der Waals surface area contributed by atoms with Crippen LogP contribution >= 0.6 is 0 Å². The topological polar surface area (TPSA) is 84.5 Å². The van der Waals surface area contributed by atoms with Gasteiger partial charge in [0.2, 0.25) is 11.8 Å². The summed E-state index contributed by atoms with van der Waals surface area (Å²) in [4.78, 5) is 28.3. The molecule has 0 bridgehead atoms. The van der Waals surface area contributed by atoms with Gasteiger partial charge in [0.05, 0.1) is 0 Å². The summed E-state index contributed by atoms with van der Waals surface area (Å²) in [7, 11) is 0. The van der Waals surface area contributed by atoms with Gasteiger partial charge in [-0.2, -0.15) is 5.10 Å². The number of nitrogens with zero attached hydrogens (tertiary/aromatic N) is 4. The highest BCUT2D eigenvalue weighted by Crippen LogP contribution is 2.15. The maximum Gasteiger partial charge on any atom is 0.236 e. The Morgan fingerprint density at radius 2 is 1.96 bits per heavy atom. The Morgan fingerprint density at radius 3 is 2.62 bits per heavy atom. The molecule has 1 aliphatic rings. The molecule has 0 saturated carbocycles. The molecule has 0 spiro atoms. The molecule has 7 heteroatoms. The number of benzene rings is 1. The van der Waals surface area contributed by atoms with Gasteiger partial charge in [-0.05, 0) is 18.6 Å². The lowest BCUT2D eigenvalue weighted by Crippen LogP contribution is -2.58. The van der Waals surface area contributed by atoms with Gasteiger partial charge >= 0.3 is 0 Å². The first-order valence-electron chi connectivity index (χ1n) is 8.88. The minimum atomic E-state index is -0.459. The highest BCUT2D eigenvalue weighted by molar-refractivity contribution is 5.82. The van der Waals surface area contributed by atoms with E-state index < -0.39 is 6.04 Å². The Balaban J connectivity index is 1.59. The molecule has 2 heterocycles. The van der Waals surface area contributed by atoms with Crippen molar-refractivity contribution in [3.8, 4) is 0 Å². The minimum absolute atomic E-state index is 0.0329. The molecule has 1 aromatic heterocycles. The molecule has 1 aromatic carbocycles. The van der Waals surface area contributed by atoms with Gasteiger partial charge in [-0.1, -0.05) is 30.3 Å². The fourth-order valence-electron chi connectivity index (χ4n) is 3.32. The van der Waals surface area contributed by atoms with Gasteiger partial charge in [0.25, 0.3) is 0 Å². The van der Waals surface area contributed by atoms with E-state index >= 15 is 0 Å². The number of hydrogen-bond acceptors (Lipinski definition) is 4. The summed E-state index contributed by atoms with van der Waals surface area (Å²) in [6.45, 7) is 4.75. The Hall–Kier alpha value is -2.67. The summed E-state index contributed by atoms with van der Waals surface area (Å²) in [5, 5.41) is 4.20. The van der Waals surface area contributed by atoms with Crippen molar-refractivity contribution in [3.63, 3.8) is 0 Å². The molecule has 2 N–H and O–H groups in total. The third-order valence-electron chi connectivity index (χ3n) is 4.87. The number of rotatable bonds is 6. The average molecular weight is 355 g/mol. The van der Waals surface area contributed by atoms with Crippen LogP contribution in [0.5, 0.6) is 0 Å². The lowest BCUT2D eigenvalue weighted by atomic mass is 10.1. The normalized spacial score (nSPS) is 18.0. The quantitative estimate of drug-likeness (QED) is 0.830. The van der Waals surface area contributed by atoms with Crippen molar-refractivity contribution in [1.82, 2.24) is 19.6 Å². The molecular formula is C19H25N5O2. The predicted octanol–water partition coefficient (Wildman–Crippen LogP) is 0.780. The van der Waals surface area contributed by atoms with Crippen LogP contribution in [-0.2, 0) is 22.7 Å². The van der Waals surface area contributed by atoms with E-state index in [1.165, 1.54) is 0 Å². The van der Waals surface area contributed by atoms with Crippen LogP contribution in [0.1, 0.15) is 17.7 Å². The van der Waals surface area contributed by atoms with Crippen molar-refractivity contribution in [1.29, 1.82) is 0 Å². The van der Waals surface area contributed by atoms with Gasteiger partial charge in [-0.25, -0.2) is 0 Å². The van der Waals surface area contributed by atoms with Gasteiger partial charge in [0, 0.05) is 51.0 Å². The van der Waals surface area contributed by atoms with Gasteiger partial charge < -0.3 is 10.6 Å². The van der Waals surface area contributed by atoms with E-state index in [9.17, 15) is 9.59 Å². The Morgan fingerprint density at radius 1 is 1.19 bits per heavy atom. The van der Waals surface area contributed by atoms with Crippen LogP contribution in [0.25, 0.3) is 0 Å². The molecule has 1 saturated heterocycles. The number of hydrogen-bond donors (Lipinski definition) is 1. The number of aryl methyl sites for hydroxylation is 2. The molecule has 3 rings (SSSR count). The van der Waals surface area contributed by atoms with Crippen molar-refractivity contribution < 1.29 is 9.59 Å². The van der Waals surface area contributed by atoms with E-state index in [0.717, 1.165) is 11.3 Å². The summed E-state index contributed by atoms with van der Waals surface area (Å²) in [5.41, 5.74) is 7.77. The van der Waals surface area contributed by atoms with Gasteiger partial charge in [-0.3, -0.25) is 19.2 Å². The highest BCUT2D eigenvalue weighted by Gasteiger charge is 2.32. The van der Waals surface area contributed by atoms with E-state index in [-0.39, 0.29) is 11.8 Å². The summed E-state index contributed by atoms with van der Waals surface area (Å²) in [6, 6.07) is 11.4. The molecule has 2 aromatic rings. The van der Waals surface area contributed by atoms with Crippen LogP contribution in [0.2, 0.25) is 0 Å². The lowest BCUT2D eigenvalue weighted by molar-refractivity contribution is -0.137. The molecule has 0 aliphatic carbocycles. The summed E-state index contributed by atoms with van der Waals surface area (Å²) >= 11 is 0.